The van der Waals surface area contributed by atoms with Gasteiger partial charge in [0.25, 0.3) is 5.91 Å². The number of rotatable bonds is 3. The highest BCUT2D eigenvalue weighted by Gasteiger charge is 2.31. The van der Waals surface area contributed by atoms with Gasteiger partial charge in [-0.15, -0.1) is 0 Å². The Balaban J connectivity index is 1.84. The Hall–Kier alpha value is -2.35. The van der Waals surface area contributed by atoms with Crippen LogP contribution in [0.3, 0.4) is 0 Å². The lowest BCUT2D eigenvalue weighted by Gasteiger charge is -2.34. The molecule has 1 fully saturated rings. The molecule has 2 aromatic rings. The number of benzene rings is 1. The Morgan fingerprint density at radius 3 is 2.80 bits per heavy atom. The molecule has 5 nitrogen and oxygen atoms in total. The Morgan fingerprint density at radius 1 is 1.28 bits per heavy atom. The molecule has 0 saturated carbocycles. The minimum Gasteiger partial charge on any atom is -0.333 e. The number of aromatic nitrogens is 2. The number of hydrogen-bond donors (Lipinski definition) is 1. The predicted octanol–water partition coefficient (Wildman–Crippen LogP) is 2.84. The van der Waals surface area contributed by atoms with Gasteiger partial charge in [-0.2, -0.15) is 18.3 Å². The second-order valence-electron chi connectivity index (χ2n) is 6.08. The van der Waals surface area contributed by atoms with Crippen LogP contribution in [0.25, 0.3) is 5.69 Å². The normalized spacial score (nSPS) is 18.4. The van der Waals surface area contributed by atoms with Crippen molar-refractivity contribution in [2.45, 2.75) is 31.5 Å². The summed E-state index contributed by atoms with van der Waals surface area (Å²) in [6.45, 7) is 1.01. The zero-order valence-corrected chi connectivity index (χ0v) is 13.5. The summed E-state index contributed by atoms with van der Waals surface area (Å²) in [5.74, 6) is -0.235. The molecule has 1 aliphatic rings. The van der Waals surface area contributed by atoms with Crippen LogP contribution in [0, 0.1) is 0 Å². The van der Waals surface area contributed by atoms with Crippen molar-refractivity contribution >= 4 is 5.91 Å². The van der Waals surface area contributed by atoms with Crippen LogP contribution in [0.5, 0.6) is 0 Å². The van der Waals surface area contributed by atoms with E-state index >= 15 is 0 Å². The zero-order valence-electron chi connectivity index (χ0n) is 13.5. The molecule has 0 spiro atoms. The van der Waals surface area contributed by atoms with Crippen molar-refractivity contribution in [3.8, 4) is 5.69 Å². The molecule has 1 aromatic heterocycles. The lowest BCUT2D eigenvalue weighted by molar-refractivity contribution is -0.137. The van der Waals surface area contributed by atoms with Crippen molar-refractivity contribution in [3.05, 3.63) is 47.8 Å². The van der Waals surface area contributed by atoms with Crippen LogP contribution in [0.15, 0.2) is 36.5 Å². The first-order valence-electron chi connectivity index (χ1n) is 8.14. The summed E-state index contributed by atoms with van der Waals surface area (Å²) in [7, 11) is 0. The van der Waals surface area contributed by atoms with Gasteiger partial charge in [0, 0.05) is 25.3 Å². The third-order valence-corrected chi connectivity index (χ3v) is 4.41. The maximum atomic E-state index is 12.8. The third-order valence-electron chi connectivity index (χ3n) is 4.41. The van der Waals surface area contributed by atoms with Gasteiger partial charge in [-0.1, -0.05) is 6.07 Å². The molecule has 1 aliphatic heterocycles. The van der Waals surface area contributed by atoms with Gasteiger partial charge in [-0.3, -0.25) is 4.79 Å². The van der Waals surface area contributed by atoms with Crippen LogP contribution >= 0.6 is 0 Å². The summed E-state index contributed by atoms with van der Waals surface area (Å²) < 4.78 is 39.8. The van der Waals surface area contributed by atoms with E-state index in [2.05, 4.69) is 5.10 Å². The number of nitrogens with zero attached hydrogens (tertiary/aromatic N) is 3. The fourth-order valence-corrected chi connectivity index (χ4v) is 3.07. The molecule has 0 bridgehead atoms. The Bertz CT molecular complexity index is 756. The molecule has 1 amide bonds. The quantitative estimate of drug-likeness (QED) is 0.924. The van der Waals surface area contributed by atoms with Crippen molar-refractivity contribution in [1.29, 1.82) is 0 Å². The number of amides is 1. The predicted molar refractivity (Wildman–Crippen MR) is 86.3 cm³/mol. The van der Waals surface area contributed by atoms with Crippen molar-refractivity contribution in [3.63, 3.8) is 0 Å². The molecule has 1 atom stereocenters. The number of hydrogen-bond acceptors (Lipinski definition) is 3. The molecular weight excluding hydrogens is 333 g/mol. The van der Waals surface area contributed by atoms with E-state index in [4.69, 9.17) is 5.73 Å². The summed E-state index contributed by atoms with van der Waals surface area (Å²) in [4.78, 5) is 14.4. The van der Waals surface area contributed by atoms with Gasteiger partial charge in [0.2, 0.25) is 0 Å². The summed E-state index contributed by atoms with van der Waals surface area (Å²) in [5, 5.41) is 4.16. The molecule has 1 saturated heterocycles. The average molecular weight is 352 g/mol. The van der Waals surface area contributed by atoms with E-state index < -0.39 is 11.7 Å². The van der Waals surface area contributed by atoms with E-state index in [0.717, 1.165) is 31.4 Å². The number of carbonyl (C=O) groups is 1. The second-order valence-corrected chi connectivity index (χ2v) is 6.08. The second kappa shape index (κ2) is 6.87. The largest absolute Gasteiger partial charge is 0.416 e. The zero-order chi connectivity index (χ0) is 18.0. The van der Waals surface area contributed by atoms with Crippen LogP contribution in [0.4, 0.5) is 13.2 Å². The van der Waals surface area contributed by atoms with Gasteiger partial charge >= 0.3 is 6.18 Å². The van der Waals surface area contributed by atoms with Crippen LogP contribution in [-0.2, 0) is 6.18 Å². The molecule has 2 heterocycles. The molecule has 0 aliphatic carbocycles. The topological polar surface area (TPSA) is 64.2 Å². The lowest BCUT2D eigenvalue weighted by atomic mass is 10.0. The van der Waals surface area contributed by atoms with Crippen molar-refractivity contribution in [2.75, 3.05) is 13.1 Å². The minimum atomic E-state index is -4.43. The fourth-order valence-electron chi connectivity index (χ4n) is 3.07. The minimum absolute atomic E-state index is 0.0139. The summed E-state index contributed by atoms with van der Waals surface area (Å²) >= 11 is 0. The first-order chi connectivity index (χ1) is 11.9. The molecule has 0 radical (unpaired) electrons. The first kappa shape index (κ1) is 17.5. The lowest BCUT2D eigenvalue weighted by Crippen LogP contribution is -2.47. The van der Waals surface area contributed by atoms with Crippen LogP contribution in [0.1, 0.15) is 35.3 Å². The Kier molecular flexibility index (Phi) is 4.80. The van der Waals surface area contributed by atoms with Crippen LogP contribution in [-0.4, -0.2) is 39.7 Å². The monoisotopic (exact) mass is 352 g/mol. The van der Waals surface area contributed by atoms with Gasteiger partial charge in [-0.05, 0) is 43.5 Å². The number of alkyl halides is 3. The average Bonchev–Trinajstić information content (AvgIpc) is 3.10. The van der Waals surface area contributed by atoms with Crippen LogP contribution < -0.4 is 5.73 Å². The van der Waals surface area contributed by atoms with E-state index in [9.17, 15) is 18.0 Å². The van der Waals surface area contributed by atoms with Crippen molar-refractivity contribution < 1.29 is 18.0 Å². The standard InChI is InChI=1S/C17H19F3N4O/c18-17(19,20)12-4-3-6-13(10-12)24-9-7-15(22-24)16(25)23-8-2-1-5-14(23)11-21/h3-4,6-7,9-10,14H,1-2,5,8,11,21H2. The van der Waals surface area contributed by atoms with Crippen molar-refractivity contribution in [1.82, 2.24) is 14.7 Å². The smallest absolute Gasteiger partial charge is 0.333 e. The SMILES string of the molecule is NCC1CCCCN1C(=O)c1ccn(-c2cccc(C(F)(F)F)c2)n1. The van der Waals surface area contributed by atoms with Gasteiger partial charge in [0.15, 0.2) is 5.69 Å². The number of piperidine rings is 1. The molecule has 1 unspecified atom stereocenters. The molecule has 3 rings (SSSR count). The third kappa shape index (κ3) is 3.68. The molecule has 2 N–H and O–H groups in total. The summed E-state index contributed by atoms with van der Waals surface area (Å²) in [6.07, 6.45) is -0.133. The van der Waals surface area contributed by atoms with E-state index in [1.54, 1.807) is 4.90 Å². The Labute approximate surface area is 143 Å². The maximum absolute atomic E-state index is 12.8. The molecule has 25 heavy (non-hydrogen) atoms. The van der Waals surface area contributed by atoms with Gasteiger partial charge in [0.05, 0.1) is 11.3 Å². The number of likely N-dealkylation sites (tertiary alicyclic amines) is 1. The van der Waals surface area contributed by atoms with Gasteiger partial charge in [-0.25, -0.2) is 4.68 Å². The fraction of sp³-hybridized carbons (Fsp3) is 0.412. The van der Waals surface area contributed by atoms with E-state index in [1.165, 1.54) is 29.1 Å². The van der Waals surface area contributed by atoms with Gasteiger partial charge in [0.1, 0.15) is 0 Å². The number of carbonyl (C=O) groups excluding carboxylic acids is 1. The summed E-state index contributed by atoms with van der Waals surface area (Å²) in [6, 6.07) is 6.34. The Morgan fingerprint density at radius 2 is 2.08 bits per heavy atom. The van der Waals surface area contributed by atoms with E-state index in [-0.39, 0.29) is 23.3 Å². The molecule has 1 aromatic carbocycles. The maximum Gasteiger partial charge on any atom is 0.416 e. The van der Waals surface area contributed by atoms with Crippen molar-refractivity contribution in [2.24, 2.45) is 5.73 Å². The molecule has 8 heteroatoms. The highest BCUT2D eigenvalue weighted by Crippen LogP contribution is 2.30. The van der Waals surface area contributed by atoms with Crippen LogP contribution in [0.2, 0.25) is 0 Å². The molecule has 134 valence electrons. The summed E-state index contributed by atoms with van der Waals surface area (Å²) in [5.41, 5.74) is 5.44. The first-order valence-corrected chi connectivity index (χ1v) is 8.14. The van der Waals surface area contributed by atoms with E-state index in [0.29, 0.717) is 13.1 Å². The highest BCUT2D eigenvalue weighted by molar-refractivity contribution is 5.92. The highest BCUT2D eigenvalue weighted by atomic mass is 19.4. The number of halogens is 3. The van der Waals surface area contributed by atoms with E-state index in [1.807, 2.05) is 0 Å². The van der Waals surface area contributed by atoms with Gasteiger partial charge < -0.3 is 10.6 Å². The molecular formula is C17H19F3N4O. The number of nitrogens with two attached hydrogens (primary N) is 1.